The Hall–Kier alpha value is -2.84. The van der Waals surface area contributed by atoms with E-state index < -0.39 is 17.5 Å². The van der Waals surface area contributed by atoms with Crippen molar-refractivity contribution in [1.82, 2.24) is 0 Å². The van der Waals surface area contributed by atoms with Gasteiger partial charge < -0.3 is 20.1 Å². The first-order valence-electron chi connectivity index (χ1n) is 12.3. The first-order chi connectivity index (χ1) is 17.6. The third-order valence-corrected chi connectivity index (χ3v) is 8.98. The number of carbonyl (C=O) groups excluding carboxylic acids is 1. The Labute approximate surface area is 232 Å². The topological polar surface area (TPSA) is 104 Å². The van der Waals surface area contributed by atoms with E-state index >= 15 is 0 Å². The van der Waals surface area contributed by atoms with Crippen molar-refractivity contribution in [3.63, 3.8) is 0 Å². The van der Waals surface area contributed by atoms with Gasteiger partial charge in [-0.3, -0.25) is 0 Å². The second-order valence-electron chi connectivity index (χ2n) is 8.95. The lowest BCUT2D eigenvalue weighted by molar-refractivity contribution is 0.0239. The van der Waals surface area contributed by atoms with Crippen LogP contribution in [-0.2, 0) is 36.0 Å². The Balaban J connectivity index is 2.34. The molecule has 8 heteroatoms. The number of fused-ring (bicyclic) bond motifs is 1. The maximum Gasteiger partial charge on any atom is 0.340 e. The summed E-state index contributed by atoms with van der Waals surface area (Å²) < 4.78 is 7.39. The number of hydrogen-bond donors (Lipinski definition) is 3. The number of halogens is 2. The van der Waals surface area contributed by atoms with Crippen LogP contribution in [0.25, 0.3) is 0 Å². The van der Waals surface area contributed by atoms with Crippen LogP contribution in [-0.4, -0.2) is 27.3 Å². The average Bonchev–Trinajstić information content (AvgIpc) is 3.19. The van der Waals surface area contributed by atoms with E-state index in [4.69, 9.17) is 4.74 Å². The van der Waals surface area contributed by atoms with E-state index in [1.54, 1.807) is 18.2 Å². The molecule has 194 valence electrons. The van der Waals surface area contributed by atoms with E-state index in [1.807, 2.05) is 27.7 Å². The van der Waals surface area contributed by atoms with Crippen LogP contribution in [0.1, 0.15) is 87.4 Å². The van der Waals surface area contributed by atoms with Crippen LogP contribution in [0.15, 0.2) is 39.3 Å². The standard InChI is InChI=1S/C29H28Br2O6/c1-5-14-16(7-3)25(30)22(32)12-20(14)29(21-13-23(33)26(31)17(8-4)15(21)6-2)24-18(27(34)35)10-9-11-19(24)28(36)37-29/h9-13,32-33H,5-8H2,1-4H3,(H,34,35). The summed E-state index contributed by atoms with van der Waals surface area (Å²) in [5, 5.41) is 32.3. The molecule has 0 saturated carbocycles. The van der Waals surface area contributed by atoms with E-state index in [-0.39, 0.29) is 28.2 Å². The molecule has 0 amide bonds. The van der Waals surface area contributed by atoms with Gasteiger partial charge in [0.1, 0.15) is 11.5 Å². The highest BCUT2D eigenvalue weighted by atomic mass is 79.9. The molecule has 0 bridgehead atoms. The lowest BCUT2D eigenvalue weighted by Gasteiger charge is -2.36. The van der Waals surface area contributed by atoms with Gasteiger partial charge in [0, 0.05) is 16.7 Å². The minimum Gasteiger partial charge on any atom is -0.507 e. The molecule has 0 aromatic heterocycles. The van der Waals surface area contributed by atoms with Crippen molar-refractivity contribution < 1.29 is 29.6 Å². The molecular formula is C29H28Br2O6. The van der Waals surface area contributed by atoms with Crippen molar-refractivity contribution in [2.75, 3.05) is 0 Å². The molecule has 3 N–H and O–H groups in total. The maximum atomic E-state index is 13.5. The molecule has 0 atom stereocenters. The number of phenols is 2. The van der Waals surface area contributed by atoms with E-state index in [1.165, 1.54) is 12.1 Å². The Kier molecular flexibility index (Phi) is 7.45. The summed E-state index contributed by atoms with van der Waals surface area (Å²) in [6.07, 6.45) is 2.22. The van der Waals surface area contributed by atoms with Crippen molar-refractivity contribution in [2.24, 2.45) is 0 Å². The summed E-state index contributed by atoms with van der Waals surface area (Å²) in [5.74, 6) is -1.96. The molecule has 1 aliphatic rings. The number of hydrogen-bond acceptors (Lipinski definition) is 5. The van der Waals surface area contributed by atoms with Crippen LogP contribution < -0.4 is 0 Å². The SMILES string of the molecule is CCc1c(C2(c3cc(O)c(Br)c(CC)c3CC)OC(=O)c3cccc(C(=O)O)c32)cc(O)c(Br)c1CC. The van der Waals surface area contributed by atoms with Gasteiger partial charge in [-0.05, 0) is 104 Å². The summed E-state index contributed by atoms with van der Waals surface area (Å²) >= 11 is 7.01. The van der Waals surface area contributed by atoms with Gasteiger partial charge >= 0.3 is 11.9 Å². The molecule has 6 nitrogen and oxygen atoms in total. The number of carboxylic acid groups (broad SMARTS) is 1. The zero-order valence-corrected chi connectivity index (χ0v) is 24.2. The summed E-state index contributed by atoms with van der Waals surface area (Å²) in [4.78, 5) is 26.0. The number of aromatic carboxylic acids is 1. The number of rotatable bonds is 7. The number of ether oxygens (including phenoxy) is 1. The smallest absolute Gasteiger partial charge is 0.340 e. The molecule has 0 radical (unpaired) electrons. The van der Waals surface area contributed by atoms with E-state index in [0.29, 0.717) is 45.8 Å². The molecule has 37 heavy (non-hydrogen) atoms. The normalized spacial score (nSPS) is 13.9. The summed E-state index contributed by atoms with van der Waals surface area (Å²) in [6, 6.07) is 7.63. The number of cyclic esters (lactones) is 1. The highest BCUT2D eigenvalue weighted by molar-refractivity contribution is 9.11. The number of esters is 1. The molecule has 4 rings (SSSR count). The number of aromatic hydroxyl groups is 2. The molecule has 0 saturated heterocycles. The van der Waals surface area contributed by atoms with Gasteiger partial charge in [-0.1, -0.05) is 33.8 Å². The highest BCUT2D eigenvalue weighted by Crippen LogP contribution is 2.54. The fourth-order valence-corrected chi connectivity index (χ4v) is 6.96. The van der Waals surface area contributed by atoms with Gasteiger partial charge in [0.15, 0.2) is 5.60 Å². The Bertz CT molecular complexity index is 1380. The summed E-state index contributed by atoms with van der Waals surface area (Å²) in [7, 11) is 0. The van der Waals surface area contributed by atoms with Crippen molar-refractivity contribution in [3.8, 4) is 11.5 Å². The van der Waals surface area contributed by atoms with Gasteiger partial charge in [-0.15, -0.1) is 0 Å². The second kappa shape index (κ2) is 10.1. The van der Waals surface area contributed by atoms with Crippen molar-refractivity contribution >= 4 is 43.8 Å². The minimum absolute atomic E-state index is 0.0455. The second-order valence-corrected chi connectivity index (χ2v) is 10.5. The third kappa shape index (κ3) is 3.96. The molecule has 3 aromatic rings. The van der Waals surface area contributed by atoms with Crippen molar-refractivity contribution in [3.05, 3.63) is 89.3 Å². The Morgan fingerprint density at radius 3 is 1.70 bits per heavy atom. The third-order valence-electron chi connectivity index (χ3n) is 7.21. The maximum absolute atomic E-state index is 13.5. The van der Waals surface area contributed by atoms with Crippen molar-refractivity contribution in [2.45, 2.75) is 59.0 Å². The molecule has 0 aliphatic carbocycles. The van der Waals surface area contributed by atoms with Crippen LogP contribution >= 0.6 is 31.9 Å². The minimum atomic E-state index is -1.71. The van der Waals surface area contributed by atoms with Gasteiger partial charge in [0.2, 0.25) is 0 Å². The highest BCUT2D eigenvalue weighted by Gasteiger charge is 2.53. The van der Waals surface area contributed by atoms with E-state index in [9.17, 15) is 24.9 Å². The molecule has 3 aromatic carbocycles. The largest absolute Gasteiger partial charge is 0.507 e. The monoisotopic (exact) mass is 630 g/mol. The Morgan fingerprint density at radius 1 is 0.838 bits per heavy atom. The quantitative estimate of drug-likeness (QED) is 0.242. The molecule has 0 fully saturated rings. The first-order valence-corrected chi connectivity index (χ1v) is 13.8. The van der Waals surface area contributed by atoms with E-state index in [2.05, 4.69) is 31.9 Å². The Morgan fingerprint density at radius 2 is 1.30 bits per heavy atom. The molecule has 0 unspecified atom stereocenters. The van der Waals surface area contributed by atoms with Crippen molar-refractivity contribution in [1.29, 1.82) is 0 Å². The fraction of sp³-hybridized carbons (Fsp3) is 0.310. The predicted molar refractivity (Wildman–Crippen MR) is 148 cm³/mol. The summed E-state index contributed by atoms with van der Waals surface area (Å²) in [5.41, 5.74) is 2.85. The number of benzene rings is 3. The lowest BCUT2D eigenvalue weighted by atomic mass is 9.72. The predicted octanol–water partition coefficient (Wildman–Crippen LogP) is 7.03. The lowest BCUT2D eigenvalue weighted by Crippen LogP contribution is -2.34. The van der Waals surface area contributed by atoms with Crippen LogP contribution in [0.3, 0.4) is 0 Å². The van der Waals surface area contributed by atoms with Gasteiger partial charge in [-0.2, -0.15) is 0 Å². The zero-order valence-electron chi connectivity index (χ0n) is 21.0. The fourth-order valence-electron chi connectivity index (χ4n) is 5.70. The molecule has 1 aliphatic heterocycles. The van der Waals surface area contributed by atoms with E-state index in [0.717, 1.165) is 22.3 Å². The molecule has 1 heterocycles. The van der Waals surface area contributed by atoms with Crippen LogP contribution in [0.2, 0.25) is 0 Å². The number of phenolic OH excluding ortho intramolecular Hbond substituents is 2. The van der Waals surface area contributed by atoms with Gasteiger partial charge in [0.25, 0.3) is 0 Å². The number of carbonyl (C=O) groups is 2. The molecule has 0 spiro atoms. The first kappa shape index (κ1) is 27.2. The van der Waals surface area contributed by atoms with Crippen LogP contribution in [0, 0.1) is 0 Å². The van der Waals surface area contributed by atoms with Gasteiger partial charge in [0.05, 0.1) is 20.1 Å². The number of carboxylic acids is 1. The summed E-state index contributed by atoms with van der Waals surface area (Å²) in [6.45, 7) is 7.86. The molecular weight excluding hydrogens is 604 g/mol. The van der Waals surface area contributed by atoms with Crippen LogP contribution in [0.4, 0.5) is 0 Å². The van der Waals surface area contributed by atoms with Crippen LogP contribution in [0.5, 0.6) is 11.5 Å². The zero-order chi connectivity index (χ0) is 27.2. The van der Waals surface area contributed by atoms with Gasteiger partial charge in [-0.25, -0.2) is 9.59 Å². The average molecular weight is 632 g/mol.